The van der Waals surface area contributed by atoms with Gasteiger partial charge >= 0.3 is 0 Å². The Morgan fingerprint density at radius 3 is 2.62 bits per heavy atom. The van der Waals surface area contributed by atoms with Gasteiger partial charge in [0.1, 0.15) is 24.8 Å². The third-order valence-corrected chi connectivity index (χ3v) is 3.18. The summed E-state index contributed by atoms with van der Waals surface area (Å²) >= 11 is 0. The maximum Gasteiger partial charge on any atom is 0.123 e. The van der Waals surface area contributed by atoms with E-state index in [2.05, 4.69) is 11.8 Å². The van der Waals surface area contributed by atoms with Crippen molar-refractivity contribution in [1.82, 2.24) is 0 Å². The molecule has 0 unspecified atom stereocenters. The van der Waals surface area contributed by atoms with Crippen LogP contribution in [0, 0.1) is 31.5 Å². The van der Waals surface area contributed by atoms with Gasteiger partial charge in [-0.3, -0.25) is 0 Å². The highest BCUT2D eigenvalue weighted by Gasteiger charge is 2.04. The zero-order valence-corrected chi connectivity index (χ0v) is 12.1. The second-order valence-corrected chi connectivity index (χ2v) is 4.80. The van der Waals surface area contributed by atoms with Gasteiger partial charge in [-0.05, 0) is 60.9 Å². The average Bonchev–Trinajstić information content (AvgIpc) is 2.47. The third-order valence-electron chi connectivity index (χ3n) is 3.18. The second-order valence-electron chi connectivity index (χ2n) is 4.80. The van der Waals surface area contributed by atoms with E-state index in [0.717, 1.165) is 28.0 Å². The number of hydrogen-bond acceptors (Lipinski definition) is 2. The first-order valence-electron chi connectivity index (χ1n) is 6.68. The largest absolute Gasteiger partial charge is 0.489 e. The van der Waals surface area contributed by atoms with E-state index in [1.54, 1.807) is 6.07 Å². The molecule has 2 aromatic rings. The van der Waals surface area contributed by atoms with Crippen LogP contribution >= 0.6 is 0 Å². The molecule has 0 fully saturated rings. The fourth-order valence-electron chi connectivity index (χ4n) is 1.98. The zero-order chi connectivity index (χ0) is 15.2. The molecule has 21 heavy (non-hydrogen) atoms. The summed E-state index contributed by atoms with van der Waals surface area (Å²) in [5, 5.41) is 8.68. The molecule has 0 amide bonds. The summed E-state index contributed by atoms with van der Waals surface area (Å²) in [6.07, 6.45) is 0. The molecule has 0 radical (unpaired) electrons. The molecule has 108 valence electrons. The molecule has 0 aliphatic rings. The topological polar surface area (TPSA) is 29.5 Å². The molecule has 0 aliphatic carbocycles. The molecule has 1 N–H and O–H groups in total. The molecule has 0 saturated carbocycles. The van der Waals surface area contributed by atoms with Crippen molar-refractivity contribution in [2.24, 2.45) is 0 Å². The SMILES string of the molecule is Cc1ccc(F)cc1COc1ccc(C#CCO)cc1C. The van der Waals surface area contributed by atoms with Crippen LogP contribution in [-0.4, -0.2) is 11.7 Å². The summed E-state index contributed by atoms with van der Waals surface area (Å²) < 4.78 is 19.0. The molecule has 0 bridgehead atoms. The van der Waals surface area contributed by atoms with Crippen molar-refractivity contribution >= 4 is 0 Å². The smallest absolute Gasteiger partial charge is 0.123 e. The number of aryl methyl sites for hydroxylation is 2. The average molecular weight is 284 g/mol. The number of halogens is 1. The first-order chi connectivity index (χ1) is 10.1. The quantitative estimate of drug-likeness (QED) is 0.876. The standard InChI is InChI=1S/C18H17FO2/c1-13-5-7-17(19)11-16(13)12-21-18-8-6-15(4-3-9-20)10-14(18)2/h5-8,10-11,20H,9,12H2,1-2H3. The van der Waals surface area contributed by atoms with Crippen molar-refractivity contribution in [3.05, 3.63) is 64.5 Å². The van der Waals surface area contributed by atoms with Crippen LogP contribution in [0.25, 0.3) is 0 Å². The van der Waals surface area contributed by atoms with Crippen LogP contribution < -0.4 is 4.74 Å². The van der Waals surface area contributed by atoms with Gasteiger partial charge in [-0.25, -0.2) is 4.39 Å². The monoisotopic (exact) mass is 284 g/mol. The van der Waals surface area contributed by atoms with Crippen LogP contribution in [0.3, 0.4) is 0 Å². The molecule has 2 nitrogen and oxygen atoms in total. The van der Waals surface area contributed by atoms with Crippen molar-refractivity contribution in [1.29, 1.82) is 0 Å². The molecular formula is C18H17FO2. The minimum Gasteiger partial charge on any atom is -0.489 e. The van der Waals surface area contributed by atoms with Gasteiger partial charge in [0.05, 0.1) is 0 Å². The van der Waals surface area contributed by atoms with Crippen molar-refractivity contribution in [2.75, 3.05) is 6.61 Å². The summed E-state index contributed by atoms with van der Waals surface area (Å²) in [6, 6.07) is 10.3. The van der Waals surface area contributed by atoms with Crippen LogP contribution in [0.15, 0.2) is 36.4 Å². The van der Waals surface area contributed by atoms with E-state index in [-0.39, 0.29) is 12.4 Å². The minimum absolute atomic E-state index is 0.157. The summed E-state index contributed by atoms with van der Waals surface area (Å²) in [7, 11) is 0. The Morgan fingerprint density at radius 1 is 1.10 bits per heavy atom. The van der Waals surface area contributed by atoms with Gasteiger partial charge in [0.15, 0.2) is 0 Å². The number of hydrogen-bond donors (Lipinski definition) is 1. The molecule has 3 heteroatoms. The third kappa shape index (κ3) is 4.08. The van der Waals surface area contributed by atoms with Crippen LogP contribution in [0.2, 0.25) is 0 Å². The van der Waals surface area contributed by atoms with Gasteiger partial charge in [-0.15, -0.1) is 0 Å². The van der Waals surface area contributed by atoms with E-state index in [1.165, 1.54) is 12.1 Å². The van der Waals surface area contributed by atoms with Gasteiger partial charge in [0, 0.05) is 5.56 Å². The Kier molecular flexibility index (Phi) is 4.97. The van der Waals surface area contributed by atoms with Crippen LogP contribution in [0.4, 0.5) is 4.39 Å². The minimum atomic E-state index is -0.259. The Morgan fingerprint density at radius 2 is 1.90 bits per heavy atom. The first kappa shape index (κ1) is 15.1. The normalized spacial score (nSPS) is 9.90. The Balaban J connectivity index is 2.11. The van der Waals surface area contributed by atoms with E-state index in [0.29, 0.717) is 6.61 Å². The Hall–Kier alpha value is -2.31. The lowest BCUT2D eigenvalue weighted by Crippen LogP contribution is -2.00. The molecule has 0 heterocycles. The number of rotatable bonds is 3. The fraction of sp³-hybridized carbons (Fsp3) is 0.222. The van der Waals surface area contributed by atoms with Gasteiger partial charge < -0.3 is 9.84 Å². The molecule has 2 rings (SSSR count). The molecule has 0 aliphatic heterocycles. The van der Waals surface area contributed by atoms with Crippen molar-refractivity contribution in [3.63, 3.8) is 0 Å². The molecule has 0 aromatic heterocycles. The van der Waals surface area contributed by atoms with E-state index in [9.17, 15) is 4.39 Å². The van der Waals surface area contributed by atoms with E-state index in [4.69, 9.17) is 9.84 Å². The van der Waals surface area contributed by atoms with E-state index in [1.807, 2.05) is 32.0 Å². The van der Waals surface area contributed by atoms with Crippen LogP contribution in [-0.2, 0) is 6.61 Å². The van der Waals surface area contributed by atoms with Gasteiger partial charge in [0.25, 0.3) is 0 Å². The predicted molar refractivity (Wildman–Crippen MR) is 80.6 cm³/mol. The predicted octanol–water partition coefficient (Wildman–Crippen LogP) is 3.37. The maximum absolute atomic E-state index is 13.2. The number of aliphatic hydroxyl groups excluding tert-OH is 1. The highest BCUT2D eigenvalue weighted by Crippen LogP contribution is 2.21. The second kappa shape index (κ2) is 6.92. The number of aliphatic hydroxyl groups is 1. The molecular weight excluding hydrogens is 267 g/mol. The zero-order valence-electron chi connectivity index (χ0n) is 12.1. The first-order valence-corrected chi connectivity index (χ1v) is 6.68. The molecule has 0 atom stereocenters. The van der Waals surface area contributed by atoms with Crippen molar-refractivity contribution in [2.45, 2.75) is 20.5 Å². The lowest BCUT2D eigenvalue weighted by molar-refractivity contribution is 0.302. The fourth-order valence-corrected chi connectivity index (χ4v) is 1.98. The Bertz CT molecular complexity index is 696. The van der Waals surface area contributed by atoms with E-state index >= 15 is 0 Å². The summed E-state index contributed by atoms with van der Waals surface area (Å²) in [5.41, 5.74) is 3.61. The molecule has 0 saturated heterocycles. The van der Waals surface area contributed by atoms with Crippen molar-refractivity contribution < 1.29 is 14.2 Å². The number of ether oxygens (including phenoxy) is 1. The summed E-state index contributed by atoms with van der Waals surface area (Å²) in [6.45, 7) is 4.03. The van der Waals surface area contributed by atoms with Gasteiger partial charge in [0.2, 0.25) is 0 Å². The lowest BCUT2D eigenvalue weighted by atomic mass is 10.1. The van der Waals surface area contributed by atoms with Crippen LogP contribution in [0.1, 0.15) is 22.3 Å². The summed E-state index contributed by atoms with van der Waals surface area (Å²) in [4.78, 5) is 0. The van der Waals surface area contributed by atoms with E-state index < -0.39 is 0 Å². The number of benzene rings is 2. The van der Waals surface area contributed by atoms with Gasteiger partial charge in [-0.2, -0.15) is 0 Å². The Labute approximate surface area is 124 Å². The lowest BCUT2D eigenvalue weighted by Gasteiger charge is -2.11. The van der Waals surface area contributed by atoms with Gasteiger partial charge in [-0.1, -0.05) is 17.9 Å². The van der Waals surface area contributed by atoms with Crippen LogP contribution in [0.5, 0.6) is 5.75 Å². The highest BCUT2D eigenvalue weighted by molar-refractivity contribution is 5.43. The van der Waals surface area contributed by atoms with Crippen molar-refractivity contribution in [3.8, 4) is 17.6 Å². The molecule has 2 aromatic carbocycles. The maximum atomic E-state index is 13.2. The molecule has 0 spiro atoms. The summed E-state index contributed by atoms with van der Waals surface area (Å²) in [5.74, 6) is 5.94. The highest BCUT2D eigenvalue weighted by atomic mass is 19.1.